The van der Waals surface area contributed by atoms with Crippen LogP contribution in [0.4, 0.5) is 5.69 Å². The lowest BCUT2D eigenvalue weighted by Crippen LogP contribution is -2.39. The highest BCUT2D eigenvalue weighted by Crippen LogP contribution is 2.27. The van der Waals surface area contributed by atoms with Crippen molar-refractivity contribution in [1.29, 1.82) is 0 Å². The highest BCUT2D eigenvalue weighted by Gasteiger charge is 2.25. The van der Waals surface area contributed by atoms with E-state index in [9.17, 15) is 4.79 Å². The van der Waals surface area contributed by atoms with Gasteiger partial charge in [-0.15, -0.1) is 11.3 Å². The maximum absolute atomic E-state index is 12.3. The van der Waals surface area contributed by atoms with E-state index in [1.807, 2.05) is 5.38 Å². The van der Waals surface area contributed by atoms with Gasteiger partial charge in [0.25, 0.3) is 5.56 Å². The topological polar surface area (TPSA) is 40.9 Å². The second kappa shape index (κ2) is 6.61. The van der Waals surface area contributed by atoms with Crippen molar-refractivity contribution >= 4 is 22.0 Å². The van der Waals surface area contributed by atoms with Crippen LogP contribution in [0.5, 0.6) is 0 Å². The molecule has 0 saturated carbocycles. The summed E-state index contributed by atoms with van der Waals surface area (Å²) in [5.74, 6) is 0. The summed E-state index contributed by atoms with van der Waals surface area (Å²) >= 11 is 1.50. The highest BCUT2D eigenvalue weighted by atomic mass is 32.1. The smallest absolute Gasteiger partial charge is 0.258 e. The van der Waals surface area contributed by atoms with E-state index in [2.05, 4.69) is 48.0 Å². The van der Waals surface area contributed by atoms with Crippen LogP contribution in [0, 0.1) is 0 Å². The SMILES string of the molecule is CCC1CN(C)c2ccccc2CN1Cc1cc(=O)n2ccsc2n1. The van der Waals surface area contributed by atoms with Gasteiger partial charge in [-0.2, -0.15) is 0 Å². The lowest BCUT2D eigenvalue weighted by molar-refractivity contribution is 0.179. The number of anilines is 1. The molecule has 1 aromatic carbocycles. The van der Waals surface area contributed by atoms with Crippen LogP contribution in [0.15, 0.2) is 46.7 Å². The van der Waals surface area contributed by atoms with Gasteiger partial charge in [-0.25, -0.2) is 4.98 Å². The zero-order chi connectivity index (χ0) is 17.4. The van der Waals surface area contributed by atoms with E-state index in [1.165, 1.54) is 22.6 Å². The monoisotopic (exact) mass is 354 g/mol. The Morgan fingerprint density at radius 2 is 2.16 bits per heavy atom. The van der Waals surface area contributed by atoms with E-state index < -0.39 is 0 Å². The largest absolute Gasteiger partial charge is 0.373 e. The summed E-state index contributed by atoms with van der Waals surface area (Å²) in [4.78, 5) is 22.5. The molecule has 0 amide bonds. The molecule has 130 valence electrons. The molecule has 4 rings (SSSR count). The number of aromatic nitrogens is 2. The summed E-state index contributed by atoms with van der Waals surface area (Å²) in [7, 11) is 2.16. The van der Waals surface area contributed by atoms with E-state index in [0.717, 1.165) is 30.2 Å². The molecule has 2 aromatic heterocycles. The molecule has 0 saturated heterocycles. The molecule has 25 heavy (non-hydrogen) atoms. The molecule has 3 aromatic rings. The van der Waals surface area contributed by atoms with Crippen LogP contribution >= 0.6 is 11.3 Å². The predicted octanol–water partition coefficient (Wildman–Crippen LogP) is 2.99. The molecule has 0 bridgehead atoms. The van der Waals surface area contributed by atoms with Crippen molar-refractivity contribution in [1.82, 2.24) is 14.3 Å². The molecule has 1 aliphatic rings. The average Bonchev–Trinajstić information content (AvgIpc) is 3.03. The molecule has 0 N–H and O–H groups in total. The number of fused-ring (bicyclic) bond motifs is 2. The highest BCUT2D eigenvalue weighted by molar-refractivity contribution is 7.15. The minimum atomic E-state index is 0.00152. The van der Waals surface area contributed by atoms with Crippen molar-refractivity contribution in [3.05, 3.63) is 63.5 Å². The van der Waals surface area contributed by atoms with Gasteiger partial charge < -0.3 is 4.90 Å². The van der Waals surface area contributed by atoms with Crippen LogP contribution in [-0.4, -0.2) is 33.9 Å². The minimum absolute atomic E-state index is 0.00152. The standard InChI is InChI=1S/C19H22N4OS/c1-3-16-13-21(2)17-7-5-4-6-14(17)11-22(16)12-15-10-18(24)23-8-9-25-19(23)20-15/h4-10,16H,3,11-13H2,1-2H3. The molecule has 3 heterocycles. The third-order valence-electron chi connectivity index (χ3n) is 4.97. The number of nitrogens with zero attached hydrogens (tertiary/aromatic N) is 4. The first-order valence-corrected chi connectivity index (χ1v) is 9.52. The van der Waals surface area contributed by atoms with E-state index in [4.69, 9.17) is 4.98 Å². The third-order valence-corrected chi connectivity index (χ3v) is 5.73. The van der Waals surface area contributed by atoms with Gasteiger partial charge in [0, 0.05) is 56.1 Å². The Balaban J connectivity index is 1.68. The lowest BCUT2D eigenvalue weighted by atomic mass is 10.1. The maximum atomic E-state index is 12.3. The number of likely N-dealkylation sites (N-methyl/N-ethyl adjacent to an activating group) is 1. The molecule has 0 aliphatic carbocycles. The number of para-hydroxylation sites is 1. The van der Waals surface area contributed by atoms with Gasteiger partial charge >= 0.3 is 0 Å². The second-order valence-corrected chi connectivity index (χ2v) is 7.49. The summed E-state index contributed by atoms with van der Waals surface area (Å²) in [5.41, 5.74) is 3.48. The molecular formula is C19H22N4OS. The van der Waals surface area contributed by atoms with Gasteiger partial charge in [0.2, 0.25) is 0 Å². The molecule has 1 unspecified atom stereocenters. The first kappa shape index (κ1) is 16.3. The predicted molar refractivity (Wildman–Crippen MR) is 102 cm³/mol. The van der Waals surface area contributed by atoms with E-state index in [-0.39, 0.29) is 5.56 Å². The Labute approximate surface area is 151 Å². The van der Waals surface area contributed by atoms with Gasteiger partial charge in [-0.1, -0.05) is 25.1 Å². The van der Waals surface area contributed by atoms with Crippen molar-refractivity contribution in [2.75, 3.05) is 18.5 Å². The fourth-order valence-corrected chi connectivity index (χ4v) is 4.38. The molecule has 0 fully saturated rings. The van der Waals surface area contributed by atoms with Gasteiger partial charge in [0.1, 0.15) is 0 Å². The summed E-state index contributed by atoms with van der Waals surface area (Å²) in [6, 6.07) is 10.7. The van der Waals surface area contributed by atoms with E-state index >= 15 is 0 Å². The molecule has 0 spiro atoms. The van der Waals surface area contributed by atoms with Crippen LogP contribution in [0.2, 0.25) is 0 Å². The Hall–Kier alpha value is -2.18. The maximum Gasteiger partial charge on any atom is 0.258 e. The van der Waals surface area contributed by atoms with Crippen LogP contribution in [0.25, 0.3) is 4.96 Å². The average molecular weight is 354 g/mol. The number of rotatable bonds is 3. The number of hydrogen-bond donors (Lipinski definition) is 0. The zero-order valence-electron chi connectivity index (χ0n) is 14.6. The fraction of sp³-hybridized carbons (Fsp3) is 0.368. The quantitative estimate of drug-likeness (QED) is 0.725. The number of hydrogen-bond acceptors (Lipinski definition) is 5. The first-order valence-electron chi connectivity index (χ1n) is 8.64. The van der Waals surface area contributed by atoms with Gasteiger partial charge in [0.15, 0.2) is 4.96 Å². The molecule has 0 radical (unpaired) electrons. The van der Waals surface area contributed by atoms with Crippen molar-refractivity contribution in [2.24, 2.45) is 0 Å². The molecule has 1 atom stereocenters. The van der Waals surface area contributed by atoms with Crippen LogP contribution in [0.1, 0.15) is 24.6 Å². The minimum Gasteiger partial charge on any atom is -0.373 e. The first-order chi connectivity index (χ1) is 12.2. The molecular weight excluding hydrogens is 332 g/mol. The molecule has 6 heteroatoms. The van der Waals surface area contributed by atoms with Gasteiger partial charge in [-0.05, 0) is 18.1 Å². The Morgan fingerprint density at radius 1 is 1.32 bits per heavy atom. The van der Waals surface area contributed by atoms with Crippen molar-refractivity contribution in [2.45, 2.75) is 32.5 Å². The van der Waals surface area contributed by atoms with Crippen LogP contribution in [-0.2, 0) is 13.1 Å². The summed E-state index contributed by atoms with van der Waals surface area (Å²) in [6.45, 7) is 4.79. The molecule has 5 nitrogen and oxygen atoms in total. The van der Waals surface area contributed by atoms with Crippen molar-refractivity contribution < 1.29 is 0 Å². The van der Waals surface area contributed by atoms with Crippen molar-refractivity contribution in [3.63, 3.8) is 0 Å². The van der Waals surface area contributed by atoms with E-state index in [0.29, 0.717) is 12.6 Å². The van der Waals surface area contributed by atoms with Crippen LogP contribution < -0.4 is 10.5 Å². The van der Waals surface area contributed by atoms with Crippen molar-refractivity contribution in [3.8, 4) is 0 Å². The fourth-order valence-electron chi connectivity index (χ4n) is 3.64. The second-order valence-electron chi connectivity index (χ2n) is 6.62. The third kappa shape index (κ3) is 3.07. The van der Waals surface area contributed by atoms with Gasteiger partial charge in [-0.3, -0.25) is 14.1 Å². The summed E-state index contributed by atoms with van der Waals surface area (Å²) in [6.07, 6.45) is 2.85. The van der Waals surface area contributed by atoms with Gasteiger partial charge in [0.05, 0.1) is 5.69 Å². The van der Waals surface area contributed by atoms with E-state index in [1.54, 1.807) is 16.7 Å². The Morgan fingerprint density at radius 3 is 3.00 bits per heavy atom. The molecule has 1 aliphatic heterocycles. The number of benzene rings is 1. The van der Waals surface area contributed by atoms with Crippen LogP contribution in [0.3, 0.4) is 0 Å². The zero-order valence-corrected chi connectivity index (χ0v) is 15.4. The Bertz CT molecular complexity index is 948. The number of thiazole rings is 1. The lowest BCUT2D eigenvalue weighted by Gasteiger charge is -2.30. The summed E-state index contributed by atoms with van der Waals surface area (Å²) in [5, 5.41) is 1.90. The Kier molecular flexibility index (Phi) is 4.31. The summed E-state index contributed by atoms with van der Waals surface area (Å²) < 4.78 is 1.61. The normalized spacial score (nSPS) is 18.3.